The van der Waals surface area contributed by atoms with E-state index in [0.29, 0.717) is 24.6 Å². The second-order valence-electron chi connectivity index (χ2n) is 6.49. The molecule has 0 aliphatic carbocycles. The van der Waals surface area contributed by atoms with E-state index in [0.717, 1.165) is 38.9 Å². The van der Waals surface area contributed by atoms with Gasteiger partial charge in [-0.1, -0.05) is 18.2 Å². The molecule has 1 saturated heterocycles. The van der Waals surface area contributed by atoms with Gasteiger partial charge in [0, 0.05) is 50.1 Å². The van der Waals surface area contributed by atoms with Crippen molar-refractivity contribution >= 4 is 5.91 Å². The van der Waals surface area contributed by atoms with Gasteiger partial charge >= 0.3 is 0 Å². The average molecular weight is 344 g/mol. The highest BCUT2D eigenvalue weighted by molar-refractivity contribution is 5.78. The number of halogens is 1. The molecule has 0 radical (unpaired) electrons. The second-order valence-corrected chi connectivity index (χ2v) is 6.49. The van der Waals surface area contributed by atoms with Gasteiger partial charge in [-0.05, 0) is 31.9 Å². The third-order valence-corrected chi connectivity index (χ3v) is 4.75. The third kappa shape index (κ3) is 4.89. The van der Waals surface area contributed by atoms with Crippen LogP contribution in [0.1, 0.15) is 31.2 Å². The molecule has 1 atom stereocenters. The Morgan fingerprint density at radius 2 is 2.16 bits per heavy atom. The van der Waals surface area contributed by atoms with Crippen molar-refractivity contribution in [1.29, 1.82) is 0 Å². The van der Waals surface area contributed by atoms with Crippen LogP contribution in [0.5, 0.6) is 0 Å². The number of imidazole rings is 1. The van der Waals surface area contributed by atoms with Gasteiger partial charge in [0.25, 0.3) is 0 Å². The first-order chi connectivity index (χ1) is 12.2. The summed E-state index contributed by atoms with van der Waals surface area (Å²) in [4.78, 5) is 18.2. The van der Waals surface area contributed by atoms with Gasteiger partial charge in [-0.25, -0.2) is 9.37 Å². The maximum absolute atomic E-state index is 13.6. The predicted octanol–water partition coefficient (Wildman–Crippen LogP) is 2.58. The van der Waals surface area contributed by atoms with Crippen LogP contribution in [-0.2, 0) is 17.9 Å². The highest BCUT2D eigenvalue weighted by Gasteiger charge is 2.29. The predicted molar refractivity (Wildman–Crippen MR) is 94.3 cm³/mol. The van der Waals surface area contributed by atoms with Crippen molar-refractivity contribution < 1.29 is 9.18 Å². The van der Waals surface area contributed by atoms with Crippen molar-refractivity contribution in [1.82, 2.24) is 19.8 Å². The van der Waals surface area contributed by atoms with E-state index in [1.54, 1.807) is 24.7 Å². The topological polar surface area (TPSA) is 50.2 Å². The first-order valence-corrected chi connectivity index (χ1v) is 8.93. The lowest BCUT2D eigenvalue weighted by molar-refractivity contribution is -0.129. The molecule has 1 fully saturated rings. The number of nitrogens with one attached hydrogen (secondary N) is 1. The minimum absolute atomic E-state index is 0.174. The van der Waals surface area contributed by atoms with Gasteiger partial charge in [0.05, 0.1) is 6.33 Å². The maximum Gasteiger partial charge on any atom is 0.222 e. The van der Waals surface area contributed by atoms with Crippen molar-refractivity contribution in [3.63, 3.8) is 0 Å². The summed E-state index contributed by atoms with van der Waals surface area (Å²) >= 11 is 0. The second kappa shape index (κ2) is 8.76. The van der Waals surface area contributed by atoms with Crippen LogP contribution < -0.4 is 5.32 Å². The molecule has 1 amide bonds. The van der Waals surface area contributed by atoms with E-state index in [9.17, 15) is 9.18 Å². The molecular weight excluding hydrogens is 319 g/mol. The normalized spacial score (nSPS) is 17.4. The van der Waals surface area contributed by atoms with Crippen LogP contribution in [-0.4, -0.2) is 39.5 Å². The summed E-state index contributed by atoms with van der Waals surface area (Å²) in [5.41, 5.74) is 0.683. The molecule has 5 nitrogen and oxygen atoms in total. The summed E-state index contributed by atoms with van der Waals surface area (Å²) < 4.78 is 15.6. The number of rotatable bonds is 9. The average Bonchev–Trinajstić information content (AvgIpc) is 3.24. The summed E-state index contributed by atoms with van der Waals surface area (Å²) in [5, 5.41) is 3.29. The molecule has 3 rings (SSSR count). The summed E-state index contributed by atoms with van der Waals surface area (Å²) in [6, 6.07) is 7.12. The first kappa shape index (κ1) is 17.6. The fourth-order valence-corrected chi connectivity index (χ4v) is 3.38. The van der Waals surface area contributed by atoms with Crippen LogP contribution in [0.15, 0.2) is 43.0 Å². The Kier molecular flexibility index (Phi) is 6.17. The molecule has 134 valence electrons. The van der Waals surface area contributed by atoms with Gasteiger partial charge in [-0.2, -0.15) is 0 Å². The molecule has 0 spiro atoms. The molecular formula is C19H25FN4O. The van der Waals surface area contributed by atoms with E-state index >= 15 is 0 Å². The van der Waals surface area contributed by atoms with E-state index in [-0.39, 0.29) is 11.7 Å². The number of amides is 1. The van der Waals surface area contributed by atoms with E-state index in [1.165, 1.54) is 6.07 Å². The van der Waals surface area contributed by atoms with Gasteiger partial charge in [-0.3, -0.25) is 4.79 Å². The lowest BCUT2D eigenvalue weighted by Crippen LogP contribution is -2.36. The number of hydrogen-bond acceptors (Lipinski definition) is 3. The van der Waals surface area contributed by atoms with Gasteiger partial charge in [0.15, 0.2) is 0 Å². The van der Waals surface area contributed by atoms with E-state index in [1.807, 2.05) is 21.7 Å². The van der Waals surface area contributed by atoms with Crippen molar-refractivity contribution in [3.05, 3.63) is 54.4 Å². The highest BCUT2D eigenvalue weighted by atomic mass is 19.1. The zero-order valence-corrected chi connectivity index (χ0v) is 14.4. The number of carbonyl (C=O) groups excluding carboxylic acids is 1. The molecule has 2 heterocycles. The number of aryl methyl sites for hydroxylation is 1. The Morgan fingerprint density at radius 3 is 2.96 bits per heavy atom. The number of carbonyl (C=O) groups is 1. The smallest absolute Gasteiger partial charge is 0.222 e. The van der Waals surface area contributed by atoms with Crippen molar-refractivity contribution in [2.75, 3.05) is 13.1 Å². The third-order valence-electron chi connectivity index (χ3n) is 4.75. The fraction of sp³-hybridized carbons (Fsp3) is 0.474. The van der Waals surface area contributed by atoms with Crippen LogP contribution in [0.3, 0.4) is 0 Å². The summed E-state index contributed by atoms with van der Waals surface area (Å²) in [7, 11) is 0. The van der Waals surface area contributed by atoms with E-state index in [4.69, 9.17) is 0 Å². The van der Waals surface area contributed by atoms with Crippen LogP contribution >= 0.6 is 0 Å². The monoisotopic (exact) mass is 344 g/mol. The SMILES string of the molecule is O=C1CCC(CCNCc2ccccc2F)N1CCCn1ccnc1. The first-order valence-electron chi connectivity index (χ1n) is 8.93. The number of aromatic nitrogens is 2. The number of likely N-dealkylation sites (tertiary alicyclic amines) is 1. The van der Waals surface area contributed by atoms with Crippen LogP contribution in [0.2, 0.25) is 0 Å². The number of nitrogens with zero attached hydrogens (tertiary/aromatic N) is 3. The molecule has 1 aromatic carbocycles. The quantitative estimate of drug-likeness (QED) is 0.712. The Balaban J connectivity index is 1.39. The van der Waals surface area contributed by atoms with Gasteiger partial charge in [0.1, 0.15) is 5.82 Å². The molecule has 25 heavy (non-hydrogen) atoms. The minimum Gasteiger partial charge on any atom is -0.340 e. The molecule has 0 bridgehead atoms. The molecule has 1 aromatic heterocycles. The summed E-state index contributed by atoms with van der Waals surface area (Å²) in [6.45, 7) is 2.97. The standard InChI is InChI=1S/C19H25FN4O/c20-18-5-2-1-4-16(18)14-21-9-8-17-6-7-19(25)24(17)12-3-11-23-13-10-22-15-23/h1-2,4-5,10,13,15,17,21H,3,6-9,11-12,14H2. The summed E-state index contributed by atoms with van der Waals surface area (Å²) in [5.74, 6) is 0.0805. The zero-order valence-electron chi connectivity index (χ0n) is 14.4. The lowest BCUT2D eigenvalue weighted by Gasteiger charge is -2.25. The summed E-state index contributed by atoms with van der Waals surface area (Å²) in [6.07, 6.45) is 8.91. The van der Waals surface area contributed by atoms with Crippen molar-refractivity contribution in [2.24, 2.45) is 0 Å². The van der Waals surface area contributed by atoms with Crippen molar-refractivity contribution in [3.8, 4) is 0 Å². The number of hydrogen-bond donors (Lipinski definition) is 1. The molecule has 6 heteroatoms. The molecule has 1 N–H and O–H groups in total. The molecule has 0 saturated carbocycles. The van der Waals surface area contributed by atoms with Crippen LogP contribution in [0.25, 0.3) is 0 Å². The maximum atomic E-state index is 13.6. The molecule has 2 aromatic rings. The van der Waals surface area contributed by atoms with Crippen LogP contribution in [0.4, 0.5) is 4.39 Å². The Bertz CT molecular complexity index is 674. The van der Waals surface area contributed by atoms with Gasteiger partial charge in [0.2, 0.25) is 5.91 Å². The largest absolute Gasteiger partial charge is 0.340 e. The Labute approximate surface area is 147 Å². The van der Waals surface area contributed by atoms with Crippen molar-refractivity contribution in [2.45, 2.75) is 44.8 Å². The molecule has 1 aliphatic heterocycles. The fourth-order valence-electron chi connectivity index (χ4n) is 3.38. The van der Waals surface area contributed by atoms with Gasteiger partial charge in [-0.15, -0.1) is 0 Å². The van der Waals surface area contributed by atoms with E-state index in [2.05, 4.69) is 10.3 Å². The van der Waals surface area contributed by atoms with Crippen LogP contribution in [0, 0.1) is 5.82 Å². The number of benzene rings is 1. The minimum atomic E-state index is -0.174. The van der Waals surface area contributed by atoms with E-state index < -0.39 is 0 Å². The van der Waals surface area contributed by atoms with Gasteiger partial charge < -0.3 is 14.8 Å². The zero-order chi connectivity index (χ0) is 17.5. The Hall–Kier alpha value is -2.21. The molecule has 1 aliphatic rings. The highest BCUT2D eigenvalue weighted by Crippen LogP contribution is 2.21. The lowest BCUT2D eigenvalue weighted by atomic mass is 10.1. The molecule has 1 unspecified atom stereocenters. The Morgan fingerprint density at radius 1 is 1.28 bits per heavy atom.